The van der Waals surface area contributed by atoms with Crippen LogP contribution in [0.3, 0.4) is 0 Å². The van der Waals surface area contributed by atoms with Crippen molar-refractivity contribution in [3.05, 3.63) is 59.7 Å². The van der Waals surface area contributed by atoms with E-state index in [1.165, 1.54) is 26.6 Å². The van der Waals surface area contributed by atoms with Crippen LogP contribution in [0.5, 0.6) is 0 Å². The van der Waals surface area contributed by atoms with Gasteiger partial charge in [0.05, 0.1) is 26.2 Å². The summed E-state index contributed by atoms with van der Waals surface area (Å²) in [4.78, 5) is 17.3. The quantitative estimate of drug-likeness (QED) is 0.566. The van der Waals surface area contributed by atoms with Gasteiger partial charge in [0.15, 0.2) is 6.54 Å². The Bertz CT molecular complexity index is 739. The van der Waals surface area contributed by atoms with Crippen LogP contribution in [0.25, 0.3) is 0 Å². The summed E-state index contributed by atoms with van der Waals surface area (Å²) in [6.07, 6.45) is 0. The molecule has 1 saturated heterocycles. The highest BCUT2D eigenvalue weighted by Gasteiger charge is 2.22. The van der Waals surface area contributed by atoms with Crippen LogP contribution in [0.15, 0.2) is 53.4 Å². The molecule has 2 aromatic carbocycles. The molecule has 27 heavy (non-hydrogen) atoms. The maximum absolute atomic E-state index is 12.2. The van der Waals surface area contributed by atoms with Gasteiger partial charge >= 0.3 is 0 Å². The van der Waals surface area contributed by atoms with E-state index in [1.807, 2.05) is 0 Å². The Morgan fingerprint density at radius 1 is 1.07 bits per heavy atom. The third-order valence-corrected chi connectivity index (χ3v) is 6.06. The van der Waals surface area contributed by atoms with Gasteiger partial charge in [0.25, 0.3) is 5.91 Å². The van der Waals surface area contributed by atoms with Gasteiger partial charge in [-0.2, -0.15) is 0 Å². The summed E-state index contributed by atoms with van der Waals surface area (Å²) in [7, 11) is 0. The number of quaternary nitrogens is 1. The third-order valence-electron chi connectivity index (χ3n) is 5.05. The van der Waals surface area contributed by atoms with Gasteiger partial charge in [0.2, 0.25) is 0 Å². The van der Waals surface area contributed by atoms with Gasteiger partial charge in [-0.1, -0.05) is 35.9 Å². The number of anilines is 1. The molecule has 1 heterocycles. The number of carbonyl (C=O) groups excluding carboxylic acids is 1. The smallest absolute Gasteiger partial charge is 0.275 e. The van der Waals surface area contributed by atoms with Gasteiger partial charge < -0.3 is 15.1 Å². The number of carbonyl (C=O) groups is 1. The molecule has 0 radical (unpaired) electrons. The average Bonchev–Trinajstić information content (AvgIpc) is 2.68. The van der Waals surface area contributed by atoms with E-state index in [0.29, 0.717) is 6.54 Å². The van der Waals surface area contributed by atoms with Crippen molar-refractivity contribution in [2.45, 2.75) is 18.7 Å². The lowest BCUT2D eigenvalue weighted by molar-refractivity contribution is -0.892. The first-order valence-electron chi connectivity index (χ1n) is 9.72. The number of piperazine rings is 1. The minimum Gasteiger partial charge on any atom is -0.360 e. The van der Waals surface area contributed by atoms with Gasteiger partial charge in [0.1, 0.15) is 0 Å². The van der Waals surface area contributed by atoms with Gasteiger partial charge in [-0.25, -0.2) is 0 Å². The number of hydrogen-bond donors (Lipinski definition) is 2. The second-order valence-electron chi connectivity index (χ2n) is 7.21. The van der Waals surface area contributed by atoms with Crippen molar-refractivity contribution in [1.82, 2.24) is 5.32 Å². The molecule has 1 fully saturated rings. The molecule has 144 valence electrons. The van der Waals surface area contributed by atoms with Crippen LogP contribution in [0.2, 0.25) is 0 Å². The molecule has 3 rings (SSSR count). The van der Waals surface area contributed by atoms with Crippen molar-refractivity contribution in [2.75, 3.05) is 49.9 Å². The lowest BCUT2D eigenvalue weighted by Crippen LogP contribution is -3.16. The number of benzene rings is 2. The first-order chi connectivity index (χ1) is 13.1. The van der Waals surface area contributed by atoms with Crippen molar-refractivity contribution >= 4 is 23.4 Å². The number of amides is 1. The van der Waals surface area contributed by atoms with Gasteiger partial charge in [-0.3, -0.25) is 4.79 Å². The Morgan fingerprint density at radius 3 is 2.48 bits per heavy atom. The highest BCUT2D eigenvalue weighted by Crippen LogP contribution is 2.19. The van der Waals surface area contributed by atoms with Crippen LogP contribution in [0.1, 0.15) is 11.1 Å². The fourth-order valence-corrected chi connectivity index (χ4v) is 4.21. The first-order valence-corrected chi connectivity index (χ1v) is 10.7. The normalized spacial score (nSPS) is 15.0. The molecule has 0 spiro atoms. The van der Waals surface area contributed by atoms with E-state index < -0.39 is 0 Å². The van der Waals surface area contributed by atoms with E-state index in [1.54, 1.807) is 11.8 Å². The number of thioether (sulfide) groups is 1. The molecule has 0 unspecified atom stereocenters. The van der Waals surface area contributed by atoms with E-state index in [9.17, 15) is 4.79 Å². The van der Waals surface area contributed by atoms with Crippen molar-refractivity contribution in [3.63, 3.8) is 0 Å². The summed E-state index contributed by atoms with van der Waals surface area (Å²) in [5, 5.41) is 3.07. The summed E-state index contributed by atoms with van der Waals surface area (Å²) in [5.41, 5.74) is 3.93. The SMILES string of the molecule is Cc1ccc(SCCNC(=O)C[NH+]2CCN(c3ccccc3C)CC2)cc1. The predicted molar refractivity (Wildman–Crippen MR) is 114 cm³/mol. The number of hydrogen-bond acceptors (Lipinski definition) is 3. The van der Waals surface area contributed by atoms with Crippen molar-refractivity contribution in [3.8, 4) is 0 Å². The minimum atomic E-state index is 0.166. The maximum atomic E-state index is 12.2. The standard InChI is InChI=1S/C22H29N3OS/c1-18-7-9-20(10-8-18)27-16-11-23-22(26)17-24-12-14-25(15-13-24)21-6-4-3-5-19(21)2/h3-10H,11-17H2,1-2H3,(H,23,26)/p+1. The zero-order valence-electron chi connectivity index (χ0n) is 16.3. The molecule has 0 bridgehead atoms. The molecule has 2 N–H and O–H groups in total. The summed E-state index contributed by atoms with van der Waals surface area (Å²) in [5.74, 6) is 1.07. The monoisotopic (exact) mass is 384 g/mol. The van der Waals surface area contributed by atoms with Gasteiger partial charge in [-0.05, 0) is 37.6 Å². The Balaban J connectivity index is 1.33. The molecule has 0 atom stereocenters. The maximum Gasteiger partial charge on any atom is 0.275 e. The molecule has 0 aromatic heterocycles. The zero-order valence-corrected chi connectivity index (χ0v) is 17.1. The molecular formula is C22H30N3OS+. The molecule has 2 aromatic rings. The van der Waals surface area contributed by atoms with Crippen LogP contribution < -0.4 is 15.1 Å². The van der Waals surface area contributed by atoms with Crippen LogP contribution >= 0.6 is 11.8 Å². The fourth-order valence-electron chi connectivity index (χ4n) is 3.44. The Labute approximate surface area is 166 Å². The largest absolute Gasteiger partial charge is 0.360 e. The molecule has 0 saturated carbocycles. The van der Waals surface area contributed by atoms with Crippen LogP contribution in [0.4, 0.5) is 5.69 Å². The van der Waals surface area contributed by atoms with Crippen molar-refractivity contribution < 1.29 is 9.69 Å². The van der Waals surface area contributed by atoms with Crippen molar-refractivity contribution in [2.24, 2.45) is 0 Å². The second-order valence-corrected chi connectivity index (χ2v) is 8.38. The summed E-state index contributed by atoms with van der Waals surface area (Å²) >= 11 is 1.79. The van der Waals surface area contributed by atoms with E-state index in [2.05, 4.69) is 72.6 Å². The Hall–Kier alpha value is -1.98. The highest BCUT2D eigenvalue weighted by atomic mass is 32.2. The van der Waals surface area contributed by atoms with E-state index in [-0.39, 0.29) is 5.91 Å². The molecule has 4 nitrogen and oxygen atoms in total. The molecule has 0 aliphatic carbocycles. The van der Waals surface area contributed by atoms with Gasteiger partial charge in [0, 0.05) is 22.9 Å². The van der Waals surface area contributed by atoms with Crippen molar-refractivity contribution in [1.29, 1.82) is 0 Å². The highest BCUT2D eigenvalue weighted by molar-refractivity contribution is 7.99. The number of aryl methyl sites for hydroxylation is 2. The van der Waals surface area contributed by atoms with Crippen LogP contribution in [-0.4, -0.2) is 50.9 Å². The lowest BCUT2D eigenvalue weighted by atomic mass is 10.1. The second kappa shape index (κ2) is 9.81. The molecule has 1 amide bonds. The lowest BCUT2D eigenvalue weighted by Gasteiger charge is -2.34. The molecule has 1 aliphatic rings. The molecule has 5 heteroatoms. The summed E-state index contributed by atoms with van der Waals surface area (Å²) < 4.78 is 0. The van der Waals surface area contributed by atoms with Crippen LogP contribution in [0, 0.1) is 13.8 Å². The summed E-state index contributed by atoms with van der Waals surface area (Å²) in [6, 6.07) is 17.1. The minimum absolute atomic E-state index is 0.166. The van der Waals surface area contributed by atoms with Crippen LogP contribution in [-0.2, 0) is 4.79 Å². The molecular weight excluding hydrogens is 354 g/mol. The zero-order chi connectivity index (χ0) is 19.1. The third kappa shape index (κ3) is 6.01. The fraction of sp³-hybridized carbons (Fsp3) is 0.409. The van der Waals surface area contributed by atoms with E-state index in [4.69, 9.17) is 0 Å². The average molecular weight is 385 g/mol. The molecule has 1 aliphatic heterocycles. The Morgan fingerprint density at radius 2 is 1.78 bits per heavy atom. The van der Waals surface area contributed by atoms with Gasteiger partial charge in [-0.15, -0.1) is 11.8 Å². The summed E-state index contributed by atoms with van der Waals surface area (Å²) in [6.45, 7) is 9.61. The van der Waals surface area contributed by atoms with E-state index >= 15 is 0 Å². The topological polar surface area (TPSA) is 36.8 Å². The predicted octanol–water partition coefficient (Wildman–Crippen LogP) is 1.92. The number of para-hydroxylation sites is 1. The number of nitrogens with zero attached hydrogens (tertiary/aromatic N) is 1. The number of rotatable bonds is 7. The first kappa shape index (κ1) is 19.8. The van der Waals surface area contributed by atoms with E-state index in [0.717, 1.165) is 38.5 Å². The number of nitrogens with one attached hydrogen (secondary N) is 2. The Kier molecular flexibility index (Phi) is 7.18.